The van der Waals surface area contributed by atoms with Gasteiger partial charge in [-0.15, -0.1) is 0 Å². The summed E-state index contributed by atoms with van der Waals surface area (Å²) in [5.74, 6) is 0.612. The van der Waals surface area contributed by atoms with Crippen molar-refractivity contribution < 1.29 is 9.84 Å². The number of nitrogens with one attached hydrogen (secondary N) is 1. The van der Waals surface area contributed by atoms with Crippen molar-refractivity contribution in [1.29, 1.82) is 0 Å². The second kappa shape index (κ2) is 4.73. The monoisotopic (exact) mass is 227 g/mol. The van der Waals surface area contributed by atoms with Crippen LogP contribution >= 0.6 is 11.6 Å². The van der Waals surface area contributed by atoms with Crippen LogP contribution in [0.15, 0.2) is 18.2 Å². The molecule has 0 amide bonds. The smallest absolute Gasteiger partial charge is 0.162 e. The Balaban J connectivity index is 2.05. The Morgan fingerprint density at radius 3 is 3.07 bits per heavy atom. The number of phenolic OH excluding ortho intramolecular Hbond substituents is 1. The molecule has 1 aliphatic heterocycles. The van der Waals surface area contributed by atoms with E-state index in [0.717, 1.165) is 25.9 Å². The Bertz CT molecular complexity index is 337. The van der Waals surface area contributed by atoms with E-state index in [1.54, 1.807) is 18.2 Å². The third kappa shape index (κ3) is 2.76. The predicted molar refractivity (Wildman–Crippen MR) is 59.6 cm³/mol. The predicted octanol–water partition coefficient (Wildman–Crippen LogP) is 2.18. The average Bonchev–Trinajstić information content (AvgIpc) is 2.25. The minimum absolute atomic E-state index is 0.128. The highest BCUT2D eigenvalue weighted by molar-refractivity contribution is 6.30. The molecule has 1 aliphatic rings. The molecule has 2 rings (SSSR count). The van der Waals surface area contributed by atoms with Gasteiger partial charge in [-0.3, -0.25) is 0 Å². The number of halogens is 1. The van der Waals surface area contributed by atoms with Crippen LogP contribution in [0.3, 0.4) is 0 Å². The van der Waals surface area contributed by atoms with Crippen molar-refractivity contribution in [2.75, 3.05) is 13.1 Å². The molecule has 1 aromatic carbocycles. The van der Waals surface area contributed by atoms with Crippen molar-refractivity contribution in [3.63, 3.8) is 0 Å². The summed E-state index contributed by atoms with van der Waals surface area (Å²) in [4.78, 5) is 0. The number of ether oxygens (including phenoxy) is 1. The van der Waals surface area contributed by atoms with Crippen LogP contribution in [0.25, 0.3) is 0 Å². The van der Waals surface area contributed by atoms with Gasteiger partial charge in [0.25, 0.3) is 0 Å². The number of hydrogen-bond acceptors (Lipinski definition) is 3. The second-order valence-electron chi connectivity index (χ2n) is 3.70. The van der Waals surface area contributed by atoms with E-state index >= 15 is 0 Å². The largest absolute Gasteiger partial charge is 0.504 e. The summed E-state index contributed by atoms with van der Waals surface area (Å²) in [5.41, 5.74) is 0. The minimum atomic E-state index is 0.128. The molecule has 1 saturated heterocycles. The fraction of sp³-hybridized carbons (Fsp3) is 0.455. The molecule has 0 aromatic heterocycles. The first-order chi connectivity index (χ1) is 7.25. The van der Waals surface area contributed by atoms with Crippen LogP contribution in [-0.2, 0) is 0 Å². The van der Waals surface area contributed by atoms with Crippen molar-refractivity contribution in [1.82, 2.24) is 5.32 Å². The Morgan fingerprint density at radius 2 is 2.33 bits per heavy atom. The molecule has 1 heterocycles. The fourth-order valence-corrected chi connectivity index (χ4v) is 1.84. The highest BCUT2D eigenvalue weighted by Crippen LogP contribution is 2.30. The van der Waals surface area contributed by atoms with Gasteiger partial charge in [-0.1, -0.05) is 11.6 Å². The summed E-state index contributed by atoms with van der Waals surface area (Å²) in [6, 6.07) is 4.84. The van der Waals surface area contributed by atoms with Crippen molar-refractivity contribution >= 4 is 11.6 Å². The van der Waals surface area contributed by atoms with Crippen molar-refractivity contribution in [2.45, 2.75) is 18.9 Å². The normalized spacial score (nSPS) is 21.3. The molecule has 1 unspecified atom stereocenters. The van der Waals surface area contributed by atoms with E-state index in [2.05, 4.69) is 5.32 Å². The van der Waals surface area contributed by atoms with Gasteiger partial charge in [-0.05, 0) is 31.5 Å². The Kier molecular flexibility index (Phi) is 3.34. The molecule has 82 valence electrons. The number of hydrogen-bond donors (Lipinski definition) is 2. The lowest BCUT2D eigenvalue weighted by atomic mass is 10.1. The topological polar surface area (TPSA) is 41.5 Å². The maximum absolute atomic E-state index is 9.56. The van der Waals surface area contributed by atoms with Gasteiger partial charge in [0.1, 0.15) is 6.10 Å². The van der Waals surface area contributed by atoms with Gasteiger partial charge in [0.05, 0.1) is 0 Å². The van der Waals surface area contributed by atoms with Gasteiger partial charge in [0, 0.05) is 17.6 Å². The molecule has 0 aliphatic carbocycles. The van der Waals surface area contributed by atoms with Crippen molar-refractivity contribution in [2.24, 2.45) is 0 Å². The summed E-state index contributed by atoms with van der Waals surface area (Å²) in [6.45, 7) is 1.87. The number of phenols is 1. The summed E-state index contributed by atoms with van der Waals surface area (Å²) >= 11 is 5.83. The van der Waals surface area contributed by atoms with E-state index in [1.807, 2.05) is 0 Å². The molecule has 1 atom stereocenters. The van der Waals surface area contributed by atoms with Crippen LogP contribution in [0.2, 0.25) is 5.02 Å². The van der Waals surface area contributed by atoms with Gasteiger partial charge < -0.3 is 15.2 Å². The molecule has 1 aromatic rings. The van der Waals surface area contributed by atoms with Crippen molar-refractivity contribution in [3.8, 4) is 11.5 Å². The second-order valence-corrected chi connectivity index (χ2v) is 4.13. The molecule has 0 bridgehead atoms. The van der Waals surface area contributed by atoms with E-state index in [0.29, 0.717) is 10.8 Å². The van der Waals surface area contributed by atoms with Crippen LogP contribution < -0.4 is 10.1 Å². The number of piperidine rings is 1. The SMILES string of the molecule is Oc1ccc(Cl)cc1OC1CCCNC1. The van der Waals surface area contributed by atoms with Gasteiger partial charge in [-0.25, -0.2) is 0 Å². The van der Waals surface area contributed by atoms with Crippen LogP contribution in [0.1, 0.15) is 12.8 Å². The summed E-state index contributed by atoms with van der Waals surface area (Å²) in [7, 11) is 0. The summed E-state index contributed by atoms with van der Waals surface area (Å²) in [5, 5.41) is 13.4. The lowest BCUT2D eigenvalue weighted by Crippen LogP contribution is -2.37. The minimum Gasteiger partial charge on any atom is -0.504 e. The highest BCUT2D eigenvalue weighted by atomic mass is 35.5. The molecule has 0 spiro atoms. The lowest BCUT2D eigenvalue weighted by Gasteiger charge is -2.24. The first-order valence-corrected chi connectivity index (χ1v) is 5.49. The van der Waals surface area contributed by atoms with Crippen LogP contribution in [0.5, 0.6) is 11.5 Å². The zero-order valence-electron chi connectivity index (χ0n) is 8.37. The van der Waals surface area contributed by atoms with Gasteiger partial charge in [0.2, 0.25) is 0 Å². The molecule has 15 heavy (non-hydrogen) atoms. The third-order valence-corrected chi connectivity index (χ3v) is 2.70. The number of rotatable bonds is 2. The molecular formula is C11H14ClNO2. The fourth-order valence-electron chi connectivity index (χ4n) is 1.68. The molecule has 1 fully saturated rings. The first-order valence-electron chi connectivity index (χ1n) is 5.11. The maximum Gasteiger partial charge on any atom is 0.162 e. The Hall–Kier alpha value is -0.930. The summed E-state index contributed by atoms with van der Waals surface area (Å²) in [6.07, 6.45) is 2.24. The van der Waals surface area contributed by atoms with Crippen LogP contribution in [0.4, 0.5) is 0 Å². The standard InChI is InChI=1S/C11H14ClNO2/c12-8-3-4-10(14)11(6-8)15-9-2-1-5-13-7-9/h3-4,6,9,13-14H,1-2,5,7H2. The third-order valence-electron chi connectivity index (χ3n) is 2.47. The van der Waals surface area contributed by atoms with E-state index in [-0.39, 0.29) is 11.9 Å². The van der Waals surface area contributed by atoms with Gasteiger partial charge in [-0.2, -0.15) is 0 Å². The van der Waals surface area contributed by atoms with E-state index < -0.39 is 0 Å². The highest BCUT2D eigenvalue weighted by Gasteiger charge is 2.16. The molecule has 0 radical (unpaired) electrons. The Labute approximate surface area is 94.0 Å². The first kappa shape index (κ1) is 10.6. The van der Waals surface area contributed by atoms with Crippen LogP contribution in [-0.4, -0.2) is 24.3 Å². The molecular weight excluding hydrogens is 214 g/mol. The summed E-state index contributed by atoms with van der Waals surface area (Å²) < 4.78 is 5.67. The Morgan fingerprint density at radius 1 is 1.47 bits per heavy atom. The van der Waals surface area contributed by atoms with E-state index in [1.165, 1.54) is 0 Å². The van der Waals surface area contributed by atoms with Crippen LogP contribution in [0, 0.1) is 0 Å². The molecule has 0 saturated carbocycles. The zero-order chi connectivity index (χ0) is 10.7. The zero-order valence-corrected chi connectivity index (χ0v) is 9.13. The van der Waals surface area contributed by atoms with Crippen molar-refractivity contribution in [3.05, 3.63) is 23.2 Å². The quantitative estimate of drug-likeness (QED) is 0.814. The maximum atomic E-state index is 9.56. The van der Waals surface area contributed by atoms with E-state index in [4.69, 9.17) is 16.3 Å². The molecule has 4 heteroatoms. The lowest BCUT2D eigenvalue weighted by molar-refractivity contribution is 0.161. The van der Waals surface area contributed by atoms with E-state index in [9.17, 15) is 5.11 Å². The molecule has 3 nitrogen and oxygen atoms in total. The number of benzene rings is 1. The van der Waals surface area contributed by atoms with Gasteiger partial charge >= 0.3 is 0 Å². The molecule has 2 N–H and O–H groups in total. The van der Waals surface area contributed by atoms with Gasteiger partial charge in [0.15, 0.2) is 11.5 Å². The average molecular weight is 228 g/mol. The number of aromatic hydroxyl groups is 1.